The normalized spacial score (nSPS) is 12.2. The van der Waals surface area contributed by atoms with E-state index in [1.807, 2.05) is 0 Å². The maximum Gasteiger partial charge on any atom is 0.573 e. The zero-order valence-corrected chi connectivity index (χ0v) is 12.9. The van der Waals surface area contributed by atoms with Crippen molar-refractivity contribution in [2.45, 2.75) is 12.5 Å². The fourth-order valence-electron chi connectivity index (χ4n) is 2.09. The molecule has 0 fully saturated rings. The third kappa shape index (κ3) is 5.01. The van der Waals surface area contributed by atoms with E-state index in [4.69, 9.17) is 10.5 Å². The highest BCUT2D eigenvalue weighted by molar-refractivity contribution is 5.68. The lowest BCUT2D eigenvalue weighted by atomic mass is 10.0. The third-order valence-electron chi connectivity index (χ3n) is 3.15. The van der Waals surface area contributed by atoms with Crippen LogP contribution in [0.2, 0.25) is 0 Å². The van der Waals surface area contributed by atoms with Crippen molar-refractivity contribution in [2.75, 3.05) is 13.2 Å². The van der Waals surface area contributed by atoms with Crippen molar-refractivity contribution in [2.24, 2.45) is 5.73 Å². The molecule has 2 rings (SSSR count). The van der Waals surface area contributed by atoms with Gasteiger partial charge in [-0.1, -0.05) is 6.07 Å². The van der Waals surface area contributed by atoms with Crippen molar-refractivity contribution in [1.29, 1.82) is 0 Å². The van der Waals surface area contributed by atoms with Crippen LogP contribution in [0.1, 0.15) is 5.56 Å². The molecular weight excluding hydrogens is 371 g/mol. The molecule has 0 aliphatic carbocycles. The first-order chi connectivity index (χ1) is 12.0. The minimum absolute atomic E-state index is 0.00939. The molecule has 0 amide bonds. The van der Waals surface area contributed by atoms with E-state index in [9.17, 15) is 30.7 Å². The van der Waals surface area contributed by atoms with Gasteiger partial charge in [-0.05, 0) is 35.9 Å². The fourth-order valence-corrected chi connectivity index (χ4v) is 2.09. The topological polar surface area (TPSA) is 44.5 Å². The summed E-state index contributed by atoms with van der Waals surface area (Å²) in [6, 6.07) is 4.52. The van der Waals surface area contributed by atoms with E-state index in [1.165, 1.54) is 0 Å². The Labute approximate surface area is 143 Å². The molecule has 0 aromatic heterocycles. The van der Waals surface area contributed by atoms with Gasteiger partial charge in [0, 0.05) is 12.1 Å². The van der Waals surface area contributed by atoms with E-state index in [1.54, 1.807) is 0 Å². The number of alkyl halides is 6. The van der Waals surface area contributed by atoms with E-state index in [-0.39, 0.29) is 24.5 Å². The molecule has 0 spiro atoms. The van der Waals surface area contributed by atoms with Gasteiger partial charge in [0.05, 0.1) is 5.56 Å². The maximum atomic E-state index is 13.9. The second-order valence-corrected chi connectivity index (χ2v) is 5.04. The maximum absolute atomic E-state index is 13.9. The second-order valence-electron chi connectivity index (χ2n) is 5.04. The molecule has 26 heavy (non-hydrogen) atoms. The monoisotopic (exact) mass is 383 g/mol. The molecule has 0 heterocycles. The van der Waals surface area contributed by atoms with E-state index in [0.29, 0.717) is 18.2 Å². The number of ether oxygens (including phenoxy) is 2. The van der Waals surface area contributed by atoms with Crippen molar-refractivity contribution in [3.05, 3.63) is 47.8 Å². The van der Waals surface area contributed by atoms with Gasteiger partial charge in [0.25, 0.3) is 0 Å². The molecule has 2 aromatic rings. The number of rotatable bonds is 5. The van der Waals surface area contributed by atoms with Crippen LogP contribution in [0.15, 0.2) is 36.4 Å². The van der Waals surface area contributed by atoms with Crippen LogP contribution >= 0.6 is 0 Å². The Morgan fingerprint density at radius 2 is 1.58 bits per heavy atom. The number of benzene rings is 2. The van der Waals surface area contributed by atoms with Gasteiger partial charge in [0.2, 0.25) is 0 Å². The summed E-state index contributed by atoms with van der Waals surface area (Å²) in [4.78, 5) is 0. The summed E-state index contributed by atoms with van der Waals surface area (Å²) in [7, 11) is 0. The van der Waals surface area contributed by atoms with Crippen LogP contribution in [0.5, 0.6) is 11.5 Å². The fraction of sp³-hybridized carbons (Fsp3) is 0.250. The quantitative estimate of drug-likeness (QED) is 0.758. The summed E-state index contributed by atoms with van der Waals surface area (Å²) in [5.74, 6) is -2.18. The van der Waals surface area contributed by atoms with Crippen LogP contribution < -0.4 is 15.2 Å². The molecule has 142 valence electrons. The molecular formula is C16H12F7NO2. The Kier molecular flexibility index (Phi) is 5.65. The van der Waals surface area contributed by atoms with Gasteiger partial charge in [-0.3, -0.25) is 0 Å². The lowest BCUT2D eigenvalue weighted by Gasteiger charge is -2.16. The second kappa shape index (κ2) is 7.40. The molecule has 0 atom stereocenters. The minimum Gasteiger partial charge on any atom is -0.488 e. The molecule has 0 bridgehead atoms. The predicted octanol–water partition coefficient (Wildman–Crippen LogP) is 4.75. The average molecular weight is 383 g/mol. The molecule has 3 nitrogen and oxygen atoms in total. The molecule has 10 heteroatoms. The van der Waals surface area contributed by atoms with Crippen LogP contribution in [0.4, 0.5) is 30.7 Å². The molecule has 0 unspecified atom stereocenters. The number of hydrogen-bond donors (Lipinski definition) is 1. The first-order valence-corrected chi connectivity index (χ1v) is 7.11. The zero-order chi connectivity index (χ0) is 19.5. The Morgan fingerprint density at radius 3 is 2.15 bits per heavy atom. The van der Waals surface area contributed by atoms with Crippen LogP contribution in [0, 0.1) is 5.82 Å². The van der Waals surface area contributed by atoms with Crippen molar-refractivity contribution >= 4 is 0 Å². The van der Waals surface area contributed by atoms with E-state index in [0.717, 1.165) is 18.2 Å². The van der Waals surface area contributed by atoms with Gasteiger partial charge in [-0.2, -0.15) is 13.2 Å². The summed E-state index contributed by atoms with van der Waals surface area (Å²) in [6.45, 7) is -0.110. The lowest BCUT2D eigenvalue weighted by molar-refractivity contribution is -0.275. The lowest BCUT2D eigenvalue weighted by Crippen LogP contribution is -2.18. The zero-order valence-electron chi connectivity index (χ0n) is 12.9. The van der Waals surface area contributed by atoms with Crippen LogP contribution in [-0.2, 0) is 6.18 Å². The first kappa shape index (κ1) is 19.8. The largest absolute Gasteiger partial charge is 0.573 e. The van der Waals surface area contributed by atoms with Gasteiger partial charge >= 0.3 is 12.5 Å². The van der Waals surface area contributed by atoms with Gasteiger partial charge in [0.1, 0.15) is 12.4 Å². The van der Waals surface area contributed by atoms with Crippen molar-refractivity contribution < 1.29 is 40.2 Å². The first-order valence-electron chi connectivity index (χ1n) is 7.11. The molecule has 0 radical (unpaired) electrons. The molecule has 0 saturated carbocycles. The van der Waals surface area contributed by atoms with Gasteiger partial charge in [-0.25, -0.2) is 4.39 Å². The summed E-state index contributed by atoms with van der Waals surface area (Å²) in [5, 5.41) is 0. The van der Waals surface area contributed by atoms with E-state index in [2.05, 4.69) is 4.74 Å². The minimum atomic E-state index is -5.08. The molecule has 0 aliphatic rings. The average Bonchev–Trinajstić information content (AvgIpc) is 2.51. The van der Waals surface area contributed by atoms with Crippen molar-refractivity contribution in [3.8, 4) is 22.6 Å². The number of halogens is 7. The molecule has 0 aliphatic heterocycles. The SMILES string of the molecule is NCCOc1ccc(-c2cc(C(F)(F)F)ccc2F)cc1OC(F)(F)F. The Hall–Kier alpha value is -2.49. The highest BCUT2D eigenvalue weighted by Crippen LogP contribution is 2.38. The van der Waals surface area contributed by atoms with Gasteiger partial charge < -0.3 is 15.2 Å². The van der Waals surface area contributed by atoms with E-state index >= 15 is 0 Å². The van der Waals surface area contributed by atoms with Crippen LogP contribution in [-0.4, -0.2) is 19.5 Å². The van der Waals surface area contributed by atoms with Gasteiger partial charge in [0.15, 0.2) is 11.5 Å². The predicted molar refractivity (Wildman–Crippen MR) is 78.1 cm³/mol. The number of nitrogens with two attached hydrogens (primary N) is 1. The van der Waals surface area contributed by atoms with Crippen molar-refractivity contribution in [3.63, 3.8) is 0 Å². The standard InChI is InChI=1S/C16H12F7NO2/c17-12-3-2-10(15(18,19)20)8-11(12)9-1-4-13(25-6-5-24)14(7-9)26-16(21,22)23/h1-4,7-8H,5-6,24H2. The van der Waals surface area contributed by atoms with Crippen LogP contribution in [0.25, 0.3) is 11.1 Å². The van der Waals surface area contributed by atoms with Crippen LogP contribution in [0.3, 0.4) is 0 Å². The summed E-state index contributed by atoms with van der Waals surface area (Å²) in [5.41, 5.74) is 3.29. The summed E-state index contributed by atoms with van der Waals surface area (Å²) < 4.78 is 98.8. The molecule has 2 aromatic carbocycles. The molecule has 0 saturated heterocycles. The highest BCUT2D eigenvalue weighted by atomic mass is 19.4. The Morgan fingerprint density at radius 1 is 0.885 bits per heavy atom. The summed E-state index contributed by atoms with van der Waals surface area (Å²) in [6.07, 6.45) is -9.82. The Bertz CT molecular complexity index is 772. The molecule has 2 N–H and O–H groups in total. The summed E-state index contributed by atoms with van der Waals surface area (Å²) >= 11 is 0. The van der Waals surface area contributed by atoms with E-state index < -0.39 is 35.2 Å². The smallest absolute Gasteiger partial charge is 0.488 e. The van der Waals surface area contributed by atoms with Gasteiger partial charge in [-0.15, -0.1) is 13.2 Å². The van der Waals surface area contributed by atoms with Crippen molar-refractivity contribution in [1.82, 2.24) is 0 Å². The highest BCUT2D eigenvalue weighted by Gasteiger charge is 2.33. The third-order valence-corrected chi connectivity index (χ3v) is 3.15. The number of hydrogen-bond acceptors (Lipinski definition) is 3. The Balaban J connectivity index is 2.52.